The molecule has 7 heteroatoms. The number of nitrogens with one attached hydrogen (secondary N) is 1. The Morgan fingerprint density at radius 3 is 2.63 bits per heavy atom. The SMILES string of the molecule is Cn1nc(-c2cn[nH]n2)c(-c2ccc(F)cc2)c1N. The Labute approximate surface area is 108 Å². The van der Waals surface area contributed by atoms with Crippen LogP contribution in [0.1, 0.15) is 0 Å². The zero-order valence-electron chi connectivity index (χ0n) is 10.1. The summed E-state index contributed by atoms with van der Waals surface area (Å²) in [4.78, 5) is 0. The van der Waals surface area contributed by atoms with Crippen molar-refractivity contribution in [1.29, 1.82) is 0 Å². The molecular weight excluding hydrogens is 247 g/mol. The Balaban J connectivity index is 2.22. The molecule has 0 saturated carbocycles. The number of benzene rings is 1. The van der Waals surface area contributed by atoms with Crippen molar-refractivity contribution in [2.75, 3.05) is 5.73 Å². The molecule has 0 atom stereocenters. The second-order valence-electron chi connectivity index (χ2n) is 4.09. The number of nitrogens with zero attached hydrogens (tertiary/aromatic N) is 4. The van der Waals surface area contributed by atoms with Gasteiger partial charge in [-0.05, 0) is 17.7 Å². The molecule has 96 valence electrons. The largest absolute Gasteiger partial charge is 0.383 e. The molecule has 3 rings (SSSR count). The Bertz CT molecular complexity index is 699. The molecule has 2 aromatic heterocycles. The Kier molecular flexibility index (Phi) is 2.52. The molecule has 1 aromatic carbocycles. The van der Waals surface area contributed by atoms with Crippen LogP contribution in [-0.4, -0.2) is 25.2 Å². The van der Waals surface area contributed by atoms with E-state index in [0.717, 1.165) is 11.1 Å². The van der Waals surface area contributed by atoms with Gasteiger partial charge in [0.2, 0.25) is 0 Å². The lowest BCUT2D eigenvalue weighted by molar-refractivity contribution is 0.628. The van der Waals surface area contributed by atoms with Crippen LogP contribution in [0.5, 0.6) is 0 Å². The average Bonchev–Trinajstić information content (AvgIpc) is 3.01. The molecular formula is C12H11FN6. The van der Waals surface area contributed by atoms with Gasteiger partial charge in [-0.25, -0.2) is 4.39 Å². The van der Waals surface area contributed by atoms with Crippen LogP contribution < -0.4 is 5.73 Å². The molecule has 19 heavy (non-hydrogen) atoms. The molecule has 2 heterocycles. The van der Waals surface area contributed by atoms with Gasteiger partial charge in [-0.15, -0.1) is 0 Å². The summed E-state index contributed by atoms with van der Waals surface area (Å²) in [7, 11) is 1.74. The number of aromatic amines is 1. The Hall–Kier alpha value is -2.70. The molecule has 0 bridgehead atoms. The molecule has 0 radical (unpaired) electrons. The summed E-state index contributed by atoms with van der Waals surface area (Å²) in [5.41, 5.74) is 8.73. The van der Waals surface area contributed by atoms with Gasteiger partial charge in [-0.1, -0.05) is 12.1 Å². The molecule has 3 aromatic rings. The molecule has 0 amide bonds. The summed E-state index contributed by atoms with van der Waals surface area (Å²) < 4.78 is 14.6. The highest BCUT2D eigenvalue weighted by atomic mass is 19.1. The van der Waals surface area contributed by atoms with Crippen LogP contribution in [0.25, 0.3) is 22.5 Å². The minimum absolute atomic E-state index is 0.297. The number of nitrogen functional groups attached to an aromatic ring is 1. The topological polar surface area (TPSA) is 85.4 Å². The zero-order chi connectivity index (χ0) is 13.4. The van der Waals surface area contributed by atoms with Crippen molar-refractivity contribution >= 4 is 5.82 Å². The summed E-state index contributed by atoms with van der Waals surface area (Å²) in [6, 6.07) is 6.08. The highest BCUT2D eigenvalue weighted by Gasteiger charge is 2.18. The molecule has 6 nitrogen and oxygen atoms in total. The highest BCUT2D eigenvalue weighted by Crippen LogP contribution is 2.34. The van der Waals surface area contributed by atoms with E-state index in [1.165, 1.54) is 12.1 Å². The molecule has 3 N–H and O–H groups in total. The van der Waals surface area contributed by atoms with E-state index in [1.54, 1.807) is 30.1 Å². The third-order valence-corrected chi connectivity index (χ3v) is 2.88. The number of halogens is 1. The number of aryl methyl sites for hydroxylation is 1. The van der Waals surface area contributed by atoms with E-state index in [9.17, 15) is 4.39 Å². The summed E-state index contributed by atoms with van der Waals surface area (Å²) in [6.45, 7) is 0. The lowest BCUT2D eigenvalue weighted by atomic mass is 10.0. The fourth-order valence-electron chi connectivity index (χ4n) is 1.93. The van der Waals surface area contributed by atoms with Gasteiger partial charge in [-0.2, -0.15) is 20.5 Å². The predicted octanol–water partition coefficient (Wildman–Crippen LogP) is 1.59. The van der Waals surface area contributed by atoms with Crippen molar-refractivity contribution in [2.45, 2.75) is 0 Å². The lowest BCUT2D eigenvalue weighted by Crippen LogP contribution is -1.97. The number of hydrogen-bond acceptors (Lipinski definition) is 4. The number of hydrogen-bond donors (Lipinski definition) is 2. The molecule has 0 fully saturated rings. The van der Waals surface area contributed by atoms with E-state index < -0.39 is 0 Å². The van der Waals surface area contributed by atoms with E-state index in [0.29, 0.717) is 17.2 Å². The summed E-state index contributed by atoms with van der Waals surface area (Å²) in [6.07, 6.45) is 1.56. The van der Waals surface area contributed by atoms with E-state index in [-0.39, 0.29) is 5.82 Å². The number of anilines is 1. The van der Waals surface area contributed by atoms with Gasteiger partial charge < -0.3 is 5.73 Å². The van der Waals surface area contributed by atoms with Crippen LogP contribution in [0, 0.1) is 5.82 Å². The van der Waals surface area contributed by atoms with Gasteiger partial charge in [0.15, 0.2) is 0 Å². The first kappa shape index (κ1) is 11.4. The number of H-pyrrole nitrogens is 1. The number of aromatic nitrogens is 5. The first-order valence-corrected chi connectivity index (χ1v) is 5.61. The van der Waals surface area contributed by atoms with Crippen molar-refractivity contribution in [3.63, 3.8) is 0 Å². The first-order chi connectivity index (χ1) is 9.16. The normalized spacial score (nSPS) is 10.8. The monoisotopic (exact) mass is 258 g/mol. The van der Waals surface area contributed by atoms with Gasteiger partial charge in [-0.3, -0.25) is 4.68 Å². The number of rotatable bonds is 2. The van der Waals surface area contributed by atoms with E-state index in [4.69, 9.17) is 5.73 Å². The lowest BCUT2D eigenvalue weighted by Gasteiger charge is -2.02. The smallest absolute Gasteiger partial charge is 0.133 e. The summed E-state index contributed by atoms with van der Waals surface area (Å²) >= 11 is 0. The third-order valence-electron chi connectivity index (χ3n) is 2.88. The maximum Gasteiger partial charge on any atom is 0.133 e. The van der Waals surface area contributed by atoms with Crippen molar-refractivity contribution < 1.29 is 4.39 Å². The van der Waals surface area contributed by atoms with Crippen molar-refractivity contribution in [3.8, 4) is 22.5 Å². The van der Waals surface area contributed by atoms with Crippen LogP contribution in [-0.2, 0) is 7.05 Å². The zero-order valence-corrected chi connectivity index (χ0v) is 10.1. The van der Waals surface area contributed by atoms with Crippen molar-refractivity contribution in [3.05, 3.63) is 36.3 Å². The molecule has 0 saturated heterocycles. The number of nitrogens with two attached hydrogens (primary N) is 1. The third kappa shape index (κ3) is 1.85. The van der Waals surface area contributed by atoms with E-state index >= 15 is 0 Å². The van der Waals surface area contributed by atoms with Crippen molar-refractivity contribution in [1.82, 2.24) is 25.2 Å². The van der Waals surface area contributed by atoms with Gasteiger partial charge in [0.1, 0.15) is 23.0 Å². The molecule has 0 aliphatic heterocycles. The van der Waals surface area contributed by atoms with Gasteiger partial charge >= 0.3 is 0 Å². The second-order valence-corrected chi connectivity index (χ2v) is 4.09. The van der Waals surface area contributed by atoms with Gasteiger partial charge in [0.05, 0.1) is 11.8 Å². The highest BCUT2D eigenvalue weighted by molar-refractivity contribution is 5.86. The predicted molar refractivity (Wildman–Crippen MR) is 68.4 cm³/mol. The van der Waals surface area contributed by atoms with Crippen LogP contribution in [0.2, 0.25) is 0 Å². The van der Waals surface area contributed by atoms with Gasteiger partial charge in [0, 0.05) is 7.05 Å². The first-order valence-electron chi connectivity index (χ1n) is 5.61. The van der Waals surface area contributed by atoms with Crippen LogP contribution in [0.4, 0.5) is 10.2 Å². The molecule has 0 unspecified atom stereocenters. The Morgan fingerprint density at radius 1 is 1.26 bits per heavy atom. The molecule has 0 aliphatic rings. The minimum Gasteiger partial charge on any atom is -0.383 e. The molecule has 0 aliphatic carbocycles. The maximum atomic E-state index is 13.0. The van der Waals surface area contributed by atoms with E-state index in [1.807, 2.05) is 0 Å². The van der Waals surface area contributed by atoms with Crippen LogP contribution >= 0.6 is 0 Å². The quantitative estimate of drug-likeness (QED) is 0.731. The molecule has 0 spiro atoms. The van der Waals surface area contributed by atoms with Gasteiger partial charge in [0.25, 0.3) is 0 Å². The van der Waals surface area contributed by atoms with Crippen molar-refractivity contribution in [2.24, 2.45) is 7.05 Å². The summed E-state index contributed by atoms with van der Waals surface area (Å²) in [5.74, 6) is 0.193. The Morgan fingerprint density at radius 2 is 2.00 bits per heavy atom. The standard InChI is InChI=1S/C12H11FN6/c1-19-12(14)10(7-2-4-8(13)5-3-7)11(17-19)9-6-15-18-16-9/h2-6H,14H2,1H3,(H,15,16,18). The second kappa shape index (κ2) is 4.20. The van der Waals surface area contributed by atoms with Crippen LogP contribution in [0.15, 0.2) is 30.5 Å². The summed E-state index contributed by atoms with van der Waals surface area (Å²) in [5, 5.41) is 14.6. The fraction of sp³-hybridized carbons (Fsp3) is 0.0833. The average molecular weight is 258 g/mol. The minimum atomic E-state index is -0.297. The maximum absolute atomic E-state index is 13.0. The van der Waals surface area contributed by atoms with E-state index in [2.05, 4.69) is 20.5 Å². The fourth-order valence-corrected chi connectivity index (χ4v) is 1.93. The van der Waals surface area contributed by atoms with Crippen LogP contribution in [0.3, 0.4) is 0 Å².